The van der Waals surface area contributed by atoms with Gasteiger partial charge in [0.05, 0.1) is 9.47 Å². The van der Waals surface area contributed by atoms with E-state index in [9.17, 15) is 0 Å². The Bertz CT molecular complexity index is 798. The van der Waals surface area contributed by atoms with Gasteiger partial charge in [0.1, 0.15) is 6.10 Å². The Hall–Kier alpha value is 0.288. The standard InChI is InChI=1S/C20H26NO3P2.W/c1-2-21-10-9-20-15-12-3-4-13(23-25)16(15)22-17(20)19(24-26)7-5-18(20,6-8-19)14(21)11-12;/h3-4,7,14,17H,2,5-6,8-11,25-26H2,1H3;/q-1;/t14-,17+,18+,19+,20+;/m1./s1. The summed E-state index contributed by atoms with van der Waals surface area (Å²) < 4.78 is 18.5. The van der Waals surface area contributed by atoms with Crippen molar-refractivity contribution in [1.82, 2.24) is 4.90 Å². The van der Waals surface area contributed by atoms with Crippen molar-refractivity contribution >= 4 is 18.9 Å². The Morgan fingerprint density at radius 1 is 1.30 bits per heavy atom. The molecule has 7 rings (SSSR count). The molecule has 1 saturated heterocycles. The molecule has 2 heterocycles. The fraction of sp³-hybridized carbons (Fsp3) is 0.650. The smallest absolute Gasteiger partial charge is 0.166 e. The summed E-state index contributed by atoms with van der Waals surface area (Å²) >= 11 is 0. The van der Waals surface area contributed by atoms with Gasteiger partial charge < -0.3 is 13.8 Å². The van der Waals surface area contributed by atoms with Crippen molar-refractivity contribution in [2.75, 3.05) is 13.1 Å². The van der Waals surface area contributed by atoms with Crippen molar-refractivity contribution in [2.45, 2.75) is 62.2 Å². The molecule has 2 unspecified atom stereocenters. The van der Waals surface area contributed by atoms with Gasteiger partial charge in [0.15, 0.2) is 11.5 Å². The predicted octanol–water partition coefficient (Wildman–Crippen LogP) is 3.44. The summed E-state index contributed by atoms with van der Waals surface area (Å²) in [6.07, 6.45) is 8.21. The molecule has 4 bridgehead atoms. The van der Waals surface area contributed by atoms with E-state index in [0.717, 1.165) is 50.3 Å². The van der Waals surface area contributed by atoms with Crippen LogP contribution in [0.2, 0.25) is 0 Å². The fourth-order valence-electron chi connectivity index (χ4n) is 7.48. The zero-order chi connectivity index (χ0) is 17.7. The van der Waals surface area contributed by atoms with Gasteiger partial charge in [-0.05, 0) is 70.9 Å². The van der Waals surface area contributed by atoms with Gasteiger partial charge in [0, 0.05) is 38.1 Å². The van der Waals surface area contributed by atoms with Crippen molar-refractivity contribution in [2.24, 2.45) is 5.41 Å². The molecule has 0 aromatic heterocycles. The minimum absolute atomic E-state index is 0. The second-order valence-corrected chi connectivity index (χ2v) is 9.22. The van der Waals surface area contributed by atoms with Crippen LogP contribution in [0.15, 0.2) is 12.1 Å². The van der Waals surface area contributed by atoms with E-state index in [1.54, 1.807) is 0 Å². The number of likely N-dealkylation sites (tertiary alicyclic amines) is 1. The topological polar surface area (TPSA) is 30.9 Å². The van der Waals surface area contributed by atoms with E-state index in [2.05, 4.69) is 49.3 Å². The quantitative estimate of drug-likeness (QED) is 0.410. The van der Waals surface area contributed by atoms with Crippen molar-refractivity contribution in [3.05, 3.63) is 29.7 Å². The molecule has 0 radical (unpaired) electrons. The first kappa shape index (κ1) is 19.3. The summed E-state index contributed by atoms with van der Waals surface area (Å²) in [5.41, 5.74) is 2.96. The summed E-state index contributed by atoms with van der Waals surface area (Å²) in [5, 5.41) is 0. The average Bonchev–Trinajstić information content (AvgIpc) is 3.05. The Morgan fingerprint density at radius 3 is 2.81 bits per heavy atom. The summed E-state index contributed by atoms with van der Waals surface area (Å²) in [6.45, 7) is 4.60. The molecule has 0 N–H and O–H groups in total. The number of hydrogen-bond donors (Lipinski definition) is 0. The number of ether oxygens (including phenoxy) is 1. The maximum absolute atomic E-state index is 6.77. The minimum atomic E-state index is -0.295. The number of piperidine rings is 1. The average molecular weight is 574 g/mol. The van der Waals surface area contributed by atoms with E-state index in [4.69, 9.17) is 13.8 Å². The first-order chi connectivity index (χ1) is 12.7. The van der Waals surface area contributed by atoms with E-state index >= 15 is 0 Å². The second-order valence-electron chi connectivity index (χ2n) is 8.75. The SMILES string of the molecule is CCN1CC[C@]23c4c5ccc(OP)c4O[C@H]2[C@]2(OP)[CH-]C[C@]3(CC2)[C@H]1C5.[W]. The summed E-state index contributed by atoms with van der Waals surface area (Å²) in [7, 11) is 4.94. The molecule has 146 valence electrons. The number of benzene rings is 1. The first-order valence-electron chi connectivity index (χ1n) is 9.82. The Labute approximate surface area is 180 Å². The van der Waals surface area contributed by atoms with Gasteiger partial charge in [-0.15, -0.1) is 0 Å². The third-order valence-electron chi connectivity index (χ3n) is 8.48. The summed E-state index contributed by atoms with van der Waals surface area (Å²) in [4.78, 5) is 2.73. The van der Waals surface area contributed by atoms with Crippen LogP contribution in [0.4, 0.5) is 0 Å². The van der Waals surface area contributed by atoms with Crippen LogP contribution in [-0.2, 0) is 37.4 Å². The summed E-state index contributed by atoms with van der Waals surface area (Å²) in [6, 6.07) is 4.97. The maximum Gasteiger partial charge on any atom is 0.166 e. The molecule has 0 amide bonds. The third-order valence-corrected chi connectivity index (χ3v) is 9.17. The van der Waals surface area contributed by atoms with Gasteiger partial charge in [0.25, 0.3) is 0 Å². The van der Waals surface area contributed by atoms with Crippen LogP contribution in [0.1, 0.15) is 43.7 Å². The maximum atomic E-state index is 6.77. The molecule has 7 heteroatoms. The van der Waals surface area contributed by atoms with Crippen LogP contribution in [0.3, 0.4) is 0 Å². The minimum Gasteiger partial charge on any atom is -0.485 e. The van der Waals surface area contributed by atoms with Crippen LogP contribution < -0.4 is 9.26 Å². The van der Waals surface area contributed by atoms with Crippen molar-refractivity contribution < 1.29 is 34.8 Å². The largest absolute Gasteiger partial charge is 0.485 e. The molecule has 4 nitrogen and oxygen atoms in total. The number of nitrogens with zero attached hydrogens (tertiary/aromatic N) is 1. The molecule has 7 atom stereocenters. The van der Waals surface area contributed by atoms with Gasteiger partial charge in [-0.1, -0.05) is 13.0 Å². The molecular weight excluding hydrogens is 548 g/mol. The van der Waals surface area contributed by atoms with Crippen LogP contribution >= 0.6 is 18.9 Å². The molecule has 2 spiro atoms. The van der Waals surface area contributed by atoms with Crippen molar-refractivity contribution in [3.63, 3.8) is 0 Å². The van der Waals surface area contributed by atoms with E-state index in [1.165, 1.54) is 17.5 Å². The van der Waals surface area contributed by atoms with E-state index in [1.807, 2.05) is 0 Å². The van der Waals surface area contributed by atoms with Gasteiger partial charge in [0.2, 0.25) is 0 Å². The third kappa shape index (κ3) is 1.95. The molecular formula is C20H26NO3P2W-. The van der Waals surface area contributed by atoms with Gasteiger partial charge in [-0.2, -0.15) is 6.42 Å². The van der Waals surface area contributed by atoms with E-state index in [0.29, 0.717) is 6.04 Å². The van der Waals surface area contributed by atoms with Crippen LogP contribution in [0, 0.1) is 11.8 Å². The molecule has 2 aliphatic heterocycles. The van der Waals surface area contributed by atoms with Crippen LogP contribution in [-0.4, -0.2) is 35.7 Å². The van der Waals surface area contributed by atoms with E-state index < -0.39 is 0 Å². The molecule has 3 saturated carbocycles. The molecule has 6 aliphatic rings. The fourth-order valence-corrected chi connectivity index (χ4v) is 8.00. The monoisotopic (exact) mass is 574 g/mol. The number of hydrogen-bond acceptors (Lipinski definition) is 4. The Morgan fingerprint density at radius 2 is 2.15 bits per heavy atom. The van der Waals surface area contributed by atoms with Crippen molar-refractivity contribution in [3.8, 4) is 11.5 Å². The predicted molar refractivity (Wildman–Crippen MR) is 106 cm³/mol. The normalized spacial score (nSPS) is 42.9. The zero-order valence-corrected chi connectivity index (χ0v) is 20.8. The van der Waals surface area contributed by atoms with Gasteiger partial charge >= 0.3 is 0 Å². The summed E-state index contributed by atoms with van der Waals surface area (Å²) in [5.74, 6) is 1.83. The second kappa shape index (κ2) is 6.15. The van der Waals surface area contributed by atoms with Crippen molar-refractivity contribution in [1.29, 1.82) is 0 Å². The molecule has 27 heavy (non-hydrogen) atoms. The van der Waals surface area contributed by atoms with Crippen LogP contribution in [0.25, 0.3) is 0 Å². The Balaban J connectivity index is 0.00000160. The first-order valence-corrected chi connectivity index (χ1v) is 10.8. The van der Waals surface area contributed by atoms with Gasteiger partial charge in [-0.25, -0.2) is 0 Å². The van der Waals surface area contributed by atoms with Crippen LogP contribution in [0.5, 0.6) is 11.5 Å². The molecule has 4 fully saturated rings. The Kier molecular flexibility index (Phi) is 4.39. The van der Waals surface area contributed by atoms with E-state index in [-0.39, 0.29) is 43.6 Å². The zero-order valence-electron chi connectivity index (χ0n) is 15.6. The molecule has 4 aliphatic carbocycles. The number of rotatable bonds is 3. The number of fused-ring (bicyclic) bond motifs is 2. The molecule has 1 aromatic carbocycles. The number of likely N-dealkylation sites (N-methyl/N-ethyl adjacent to an activating group) is 1. The van der Waals surface area contributed by atoms with Gasteiger partial charge in [-0.3, -0.25) is 11.3 Å². The molecule has 1 aromatic rings.